The van der Waals surface area contributed by atoms with Gasteiger partial charge in [-0.15, -0.1) is 0 Å². The minimum Gasteiger partial charge on any atom is -0.438 e. The van der Waals surface area contributed by atoms with Crippen LogP contribution in [0.15, 0.2) is 24.3 Å². The van der Waals surface area contributed by atoms with Gasteiger partial charge in [0.15, 0.2) is 0 Å². The lowest BCUT2D eigenvalue weighted by Gasteiger charge is -1.98. The molecule has 0 aromatic carbocycles. The predicted octanol–water partition coefficient (Wildman–Crippen LogP) is 2.29. The molecule has 12 heavy (non-hydrogen) atoms. The van der Waals surface area contributed by atoms with Gasteiger partial charge in [-0.1, -0.05) is 24.3 Å². The van der Waals surface area contributed by atoms with E-state index in [1.165, 1.54) is 7.11 Å². The SMILES string of the molecule is CC=CC=CCCOC(=O)OC. The van der Waals surface area contributed by atoms with E-state index in [-0.39, 0.29) is 0 Å². The van der Waals surface area contributed by atoms with E-state index in [1.54, 1.807) is 0 Å². The van der Waals surface area contributed by atoms with E-state index in [9.17, 15) is 4.79 Å². The zero-order valence-corrected chi connectivity index (χ0v) is 7.45. The summed E-state index contributed by atoms with van der Waals surface area (Å²) in [4.78, 5) is 10.4. The molecule has 0 heterocycles. The summed E-state index contributed by atoms with van der Waals surface area (Å²) >= 11 is 0. The molecule has 68 valence electrons. The van der Waals surface area contributed by atoms with Crippen molar-refractivity contribution in [1.82, 2.24) is 0 Å². The van der Waals surface area contributed by atoms with E-state index >= 15 is 0 Å². The summed E-state index contributed by atoms with van der Waals surface area (Å²) in [6.07, 6.45) is 7.74. The third-order valence-corrected chi connectivity index (χ3v) is 1.11. The maximum absolute atomic E-state index is 10.4. The highest BCUT2D eigenvalue weighted by atomic mass is 16.7. The fraction of sp³-hybridized carbons (Fsp3) is 0.444. The van der Waals surface area contributed by atoms with Crippen molar-refractivity contribution < 1.29 is 14.3 Å². The first-order chi connectivity index (χ1) is 5.81. The van der Waals surface area contributed by atoms with Crippen LogP contribution in [0.3, 0.4) is 0 Å². The van der Waals surface area contributed by atoms with Crippen molar-refractivity contribution in [2.45, 2.75) is 13.3 Å². The average Bonchev–Trinajstić information content (AvgIpc) is 2.10. The van der Waals surface area contributed by atoms with E-state index in [0.29, 0.717) is 13.0 Å². The van der Waals surface area contributed by atoms with Gasteiger partial charge in [0.25, 0.3) is 0 Å². The smallest absolute Gasteiger partial charge is 0.438 e. The summed E-state index contributed by atoms with van der Waals surface area (Å²) in [6.45, 7) is 2.30. The molecule has 0 radical (unpaired) electrons. The molecule has 3 nitrogen and oxygen atoms in total. The molecule has 0 saturated carbocycles. The van der Waals surface area contributed by atoms with Crippen LogP contribution in [0.5, 0.6) is 0 Å². The second-order valence-electron chi connectivity index (χ2n) is 2.05. The van der Waals surface area contributed by atoms with Gasteiger partial charge in [0.2, 0.25) is 0 Å². The molecule has 0 spiro atoms. The fourth-order valence-corrected chi connectivity index (χ4v) is 0.555. The van der Waals surface area contributed by atoms with Crippen LogP contribution in [0.25, 0.3) is 0 Å². The van der Waals surface area contributed by atoms with Gasteiger partial charge < -0.3 is 9.47 Å². The van der Waals surface area contributed by atoms with Gasteiger partial charge >= 0.3 is 6.16 Å². The van der Waals surface area contributed by atoms with Crippen molar-refractivity contribution in [2.75, 3.05) is 13.7 Å². The number of ether oxygens (including phenoxy) is 2. The molecule has 0 saturated heterocycles. The van der Waals surface area contributed by atoms with Crippen LogP contribution in [-0.2, 0) is 9.47 Å². The van der Waals surface area contributed by atoms with Crippen LogP contribution in [0, 0.1) is 0 Å². The normalized spacial score (nSPS) is 10.8. The van der Waals surface area contributed by atoms with Gasteiger partial charge in [0.1, 0.15) is 0 Å². The molecule has 0 aromatic heterocycles. The largest absolute Gasteiger partial charge is 0.507 e. The monoisotopic (exact) mass is 170 g/mol. The number of hydrogen-bond donors (Lipinski definition) is 0. The summed E-state index contributed by atoms with van der Waals surface area (Å²) in [5.41, 5.74) is 0. The van der Waals surface area contributed by atoms with E-state index in [0.717, 1.165) is 0 Å². The first-order valence-electron chi connectivity index (χ1n) is 3.79. The van der Waals surface area contributed by atoms with Crippen molar-refractivity contribution in [1.29, 1.82) is 0 Å². The number of methoxy groups -OCH3 is 1. The van der Waals surface area contributed by atoms with Crippen molar-refractivity contribution in [2.24, 2.45) is 0 Å². The lowest BCUT2D eigenvalue weighted by Crippen LogP contribution is -2.04. The van der Waals surface area contributed by atoms with Gasteiger partial charge in [0, 0.05) is 0 Å². The molecule has 0 bridgehead atoms. The van der Waals surface area contributed by atoms with Crippen molar-refractivity contribution in [3.05, 3.63) is 24.3 Å². The Bertz CT molecular complexity index is 171. The molecule has 0 N–H and O–H groups in total. The van der Waals surface area contributed by atoms with Gasteiger partial charge in [0.05, 0.1) is 13.7 Å². The van der Waals surface area contributed by atoms with Crippen molar-refractivity contribution >= 4 is 6.16 Å². The highest BCUT2D eigenvalue weighted by Gasteiger charge is 1.96. The molecular formula is C9H14O3. The fourth-order valence-electron chi connectivity index (χ4n) is 0.555. The molecule has 3 heteroatoms. The number of rotatable bonds is 4. The quantitative estimate of drug-likeness (QED) is 0.369. The molecule has 0 unspecified atom stereocenters. The van der Waals surface area contributed by atoms with Crippen LogP contribution < -0.4 is 0 Å². The number of hydrogen-bond acceptors (Lipinski definition) is 3. The predicted molar refractivity (Wildman–Crippen MR) is 46.9 cm³/mol. The van der Waals surface area contributed by atoms with Crippen LogP contribution in [0.1, 0.15) is 13.3 Å². The Morgan fingerprint density at radius 2 is 2.17 bits per heavy atom. The van der Waals surface area contributed by atoms with E-state index < -0.39 is 6.16 Å². The van der Waals surface area contributed by atoms with Crippen molar-refractivity contribution in [3.8, 4) is 0 Å². The average molecular weight is 170 g/mol. The first kappa shape index (κ1) is 10.8. The van der Waals surface area contributed by atoms with E-state index in [2.05, 4.69) is 9.47 Å². The van der Waals surface area contributed by atoms with Crippen LogP contribution in [0.2, 0.25) is 0 Å². The molecule has 0 aliphatic rings. The zero-order chi connectivity index (χ0) is 9.23. The van der Waals surface area contributed by atoms with Crippen LogP contribution in [0.4, 0.5) is 4.79 Å². The summed E-state index contributed by atoms with van der Waals surface area (Å²) in [7, 11) is 1.29. The standard InChI is InChI=1S/C9H14O3/c1-3-4-5-6-7-8-12-9(10)11-2/h3-6H,7-8H2,1-2H3. The topological polar surface area (TPSA) is 35.5 Å². The lowest BCUT2D eigenvalue weighted by molar-refractivity contribution is 0.0741. The van der Waals surface area contributed by atoms with Gasteiger partial charge in [-0.25, -0.2) is 4.79 Å². The van der Waals surface area contributed by atoms with Crippen LogP contribution in [-0.4, -0.2) is 19.9 Å². The van der Waals surface area contributed by atoms with Gasteiger partial charge in [-0.05, 0) is 13.3 Å². The Hall–Kier alpha value is -1.25. The third-order valence-electron chi connectivity index (χ3n) is 1.11. The van der Waals surface area contributed by atoms with E-state index in [1.807, 2.05) is 31.2 Å². The molecular weight excluding hydrogens is 156 g/mol. The zero-order valence-electron chi connectivity index (χ0n) is 7.45. The minimum absolute atomic E-state index is 0.362. The summed E-state index contributed by atoms with van der Waals surface area (Å²) in [6, 6.07) is 0. The molecule has 0 amide bonds. The van der Waals surface area contributed by atoms with Crippen LogP contribution >= 0.6 is 0 Å². The molecule has 0 atom stereocenters. The highest BCUT2D eigenvalue weighted by molar-refractivity contribution is 5.59. The number of allylic oxidation sites excluding steroid dienone is 3. The Morgan fingerprint density at radius 1 is 1.42 bits per heavy atom. The lowest BCUT2D eigenvalue weighted by atomic mass is 10.4. The number of carbonyl (C=O) groups is 1. The van der Waals surface area contributed by atoms with E-state index in [4.69, 9.17) is 0 Å². The third kappa shape index (κ3) is 6.86. The highest BCUT2D eigenvalue weighted by Crippen LogP contribution is 1.88. The van der Waals surface area contributed by atoms with Gasteiger partial charge in [-0.3, -0.25) is 0 Å². The van der Waals surface area contributed by atoms with Gasteiger partial charge in [-0.2, -0.15) is 0 Å². The Balaban J connectivity index is 3.26. The molecule has 0 rings (SSSR count). The second kappa shape index (κ2) is 7.85. The molecule has 0 aliphatic carbocycles. The first-order valence-corrected chi connectivity index (χ1v) is 3.79. The second-order valence-corrected chi connectivity index (χ2v) is 2.05. The Morgan fingerprint density at radius 3 is 2.75 bits per heavy atom. The molecule has 0 fully saturated rings. The summed E-state index contributed by atoms with van der Waals surface area (Å²) in [5, 5.41) is 0. The maximum Gasteiger partial charge on any atom is 0.507 e. The molecule has 0 aliphatic heterocycles. The minimum atomic E-state index is -0.630. The number of carbonyl (C=O) groups excluding carboxylic acids is 1. The Kier molecular flexibility index (Phi) is 7.03. The molecule has 0 aromatic rings. The summed E-state index contributed by atoms with van der Waals surface area (Å²) in [5.74, 6) is 0. The summed E-state index contributed by atoms with van der Waals surface area (Å²) < 4.78 is 8.91. The van der Waals surface area contributed by atoms with Crippen molar-refractivity contribution in [3.63, 3.8) is 0 Å². The maximum atomic E-state index is 10.4. The Labute approximate surface area is 72.7 Å².